The van der Waals surface area contributed by atoms with Crippen LogP contribution in [0.1, 0.15) is 16.7 Å². The fourth-order valence-corrected chi connectivity index (χ4v) is 5.69. The number of aliphatic hydroxyl groups is 1. The minimum absolute atomic E-state index is 0.840. The van der Waals surface area contributed by atoms with Crippen LogP contribution in [0.5, 0.6) is 0 Å². The Kier molecular flexibility index (Phi) is 5.09. The average Bonchev–Trinajstić information content (AvgIpc) is 3.16. The van der Waals surface area contributed by atoms with Gasteiger partial charge in [-0.15, -0.1) is 0 Å². The number of anilines is 3. The zero-order valence-corrected chi connectivity index (χ0v) is 20.0. The summed E-state index contributed by atoms with van der Waals surface area (Å²) in [5.41, 5.74) is 6.42. The number of hydrogen-bond donors (Lipinski definition) is 1. The maximum Gasteiger partial charge on any atom is 0.143 e. The van der Waals surface area contributed by atoms with Gasteiger partial charge in [0.25, 0.3) is 0 Å². The summed E-state index contributed by atoms with van der Waals surface area (Å²) in [6.07, 6.45) is 0. The van der Waals surface area contributed by atoms with Crippen LogP contribution in [-0.4, -0.2) is 5.11 Å². The molecular weight excluding hydrogens is 482 g/mol. The van der Waals surface area contributed by atoms with Crippen molar-refractivity contribution in [2.75, 3.05) is 4.90 Å². The zero-order chi connectivity index (χ0) is 23.1. The van der Waals surface area contributed by atoms with Gasteiger partial charge in [-0.1, -0.05) is 107 Å². The fraction of sp³-hybridized carbons (Fsp3) is 0.0323. The van der Waals surface area contributed by atoms with E-state index in [9.17, 15) is 5.11 Å². The topological polar surface area (TPSA) is 23.5 Å². The van der Waals surface area contributed by atoms with E-state index in [-0.39, 0.29) is 0 Å². The second-order valence-corrected chi connectivity index (χ2v) is 9.30. The van der Waals surface area contributed by atoms with Gasteiger partial charge in [-0.2, -0.15) is 0 Å². The molecule has 0 heterocycles. The van der Waals surface area contributed by atoms with Crippen molar-refractivity contribution >= 4 is 33.0 Å². The lowest BCUT2D eigenvalue weighted by molar-refractivity contribution is 0.131. The molecule has 0 radical (unpaired) electrons. The Labute approximate surface area is 207 Å². The van der Waals surface area contributed by atoms with Gasteiger partial charge in [-0.25, -0.2) is 0 Å². The molecule has 0 fully saturated rings. The van der Waals surface area contributed by atoms with Crippen LogP contribution in [0.25, 0.3) is 11.1 Å². The molecular formula is C31H22BrNO. The molecule has 2 nitrogen and oxygen atoms in total. The summed E-state index contributed by atoms with van der Waals surface area (Å²) in [4.78, 5) is 2.21. The van der Waals surface area contributed by atoms with Gasteiger partial charge in [-0.3, -0.25) is 0 Å². The third kappa shape index (κ3) is 3.12. The summed E-state index contributed by atoms with van der Waals surface area (Å²) in [6, 6.07) is 43.0. The van der Waals surface area contributed by atoms with Crippen LogP contribution < -0.4 is 4.90 Å². The van der Waals surface area contributed by atoms with E-state index >= 15 is 0 Å². The number of hydrogen-bond acceptors (Lipinski definition) is 2. The number of halogens is 1. The standard InChI is InChI=1S/C31H22BrNO/c32-28-20-11-19-27-30(28)24-16-7-8-17-25(24)31(27,34)26-18-9-10-21-29(26)33(22-12-3-1-4-13-22)23-14-5-2-6-15-23/h1-21,34H. The molecule has 0 spiro atoms. The molecule has 0 saturated heterocycles. The summed E-state index contributed by atoms with van der Waals surface area (Å²) >= 11 is 3.74. The Bertz CT molecular complexity index is 1440. The highest BCUT2D eigenvalue weighted by molar-refractivity contribution is 9.10. The predicted octanol–water partition coefficient (Wildman–Crippen LogP) is 8.18. The maximum absolute atomic E-state index is 12.7. The largest absolute Gasteiger partial charge is 0.376 e. The lowest BCUT2D eigenvalue weighted by Crippen LogP contribution is -2.28. The van der Waals surface area contributed by atoms with E-state index in [1.165, 1.54) is 0 Å². The molecule has 1 aliphatic rings. The molecule has 3 heteroatoms. The molecule has 5 aromatic carbocycles. The fourth-order valence-electron chi connectivity index (χ4n) is 5.11. The van der Waals surface area contributed by atoms with Crippen molar-refractivity contribution in [1.82, 2.24) is 0 Å². The summed E-state index contributed by atoms with van der Waals surface area (Å²) in [6.45, 7) is 0. The lowest BCUT2D eigenvalue weighted by Gasteiger charge is -2.34. The van der Waals surface area contributed by atoms with Gasteiger partial charge >= 0.3 is 0 Å². The third-order valence-electron chi connectivity index (χ3n) is 6.55. The Morgan fingerprint density at radius 3 is 1.74 bits per heavy atom. The van der Waals surface area contributed by atoms with Crippen molar-refractivity contribution in [2.24, 2.45) is 0 Å². The zero-order valence-electron chi connectivity index (χ0n) is 18.4. The smallest absolute Gasteiger partial charge is 0.143 e. The molecule has 34 heavy (non-hydrogen) atoms. The van der Waals surface area contributed by atoms with Crippen LogP contribution in [0.4, 0.5) is 17.1 Å². The number of rotatable bonds is 4. The highest BCUT2D eigenvalue weighted by Crippen LogP contribution is 2.55. The minimum Gasteiger partial charge on any atom is -0.376 e. The van der Waals surface area contributed by atoms with Crippen molar-refractivity contribution in [1.29, 1.82) is 0 Å². The first kappa shape index (κ1) is 20.9. The maximum atomic E-state index is 12.7. The van der Waals surface area contributed by atoms with E-state index in [1.807, 2.05) is 91.0 Å². The van der Waals surface area contributed by atoms with Gasteiger partial charge in [0.1, 0.15) is 5.60 Å². The molecule has 0 amide bonds. The van der Waals surface area contributed by atoms with Crippen LogP contribution in [0.15, 0.2) is 132 Å². The van der Waals surface area contributed by atoms with E-state index in [0.717, 1.165) is 49.4 Å². The Hall–Kier alpha value is -3.66. The molecule has 6 rings (SSSR count). The van der Waals surface area contributed by atoms with Crippen molar-refractivity contribution in [3.8, 4) is 11.1 Å². The van der Waals surface area contributed by atoms with Crippen LogP contribution in [0.2, 0.25) is 0 Å². The van der Waals surface area contributed by atoms with E-state index in [2.05, 4.69) is 57.2 Å². The van der Waals surface area contributed by atoms with Crippen molar-refractivity contribution in [3.63, 3.8) is 0 Å². The summed E-state index contributed by atoms with van der Waals surface area (Å²) in [5, 5.41) is 12.7. The van der Waals surface area contributed by atoms with Gasteiger partial charge in [0.15, 0.2) is 0 Å². The van der Waals surface area contributed by atoms with Crippen molar-refractivity contribution in [2.45, 2.75) is 5.60 Å². The van der Waals surface area contributed by atoms with E-state index < -0.39 is 5.60 Å². The first-order valence-electron chi connectivity index (χ1n) is 11.3. The van der Waals surface area contributed by atoms with Crippen molar-refractivity contribution < 1.29 is 5.11 Å². The molecule has 5 aromatic rings. The quantitative estimate of drug-likeness (QED) is 0.267. The first-order valence-corrected chi connectivity index (χ1v) is 12.1. The number of benzene rings is 5. The second-order valence-electron chi connectivity index (χ2n) is 8.44. The Morgan fingerprint density at radius 1 is 0.529 bits per heavy atom. The van der Waals surface area contributed by atoms with Gasteiger partial charge in [0.2, 0.25) is 0 Å². The Morgan fingerprint density at radius 2 is 1.06 bits per heavy atom. The van der Waals surface area contributed by atoms with Gasteiger partial charge < -0.3 is 10.0 Å². The van der Waals surface area contributed by atoms with E-state index in [4.69, 9.17) is 0 Å². The van der Waals surface area contributed by atoms with Crippen LogP contribution in [0.3, 0.4) is 0 Å². The summed E-state index contributed by atoms with van der Waals surface area (Å²) in [7, 11) is 0. The minimum atomic E-state index is -1.30. The Balaban J connectivity index is 1.66. The molecule has 0 aliphatic heterocycles. The molecule has 1 atom stereocenters. The molecule has 0 saturated carbocycles. The monoisotopic (exact) mass is 503 g/mol. The van der Waals surface area contributed by atoms with Gasteiger partial charge in [-0.05, 0) is 42.0 Å². The lowest BCUT2D eigenvalue weighted by atomic mass is 9.83. The van der Waals surface area contributed by atoms with Crippen LogP contribution in [0, 0.1) is 0 Å². The first-order chi connectivity index (χ1) is 16.7. The average molecular weight is 504 g/mol. The molecule has 0 aromatic heterocycles. The third-order valence-corrected chi connectivity index (χ3v) is 7.21. The molecule has 1 aliphatic carbocycles. The summed E-state index contributed by atoms with van der Waals surface area (Å²) < 4.78 is 0.980. The predicted molar refractivity (Wildman–Crippen MR) is 143 cm³/mol. The van der Waals surface area contributed by atoms with Crippen LogP contribution >= 0.6 is 15.9 Å². The van der Waals surface area contributed by atoms with Crippen LogP contribution in [-0.2, 0) is 5.60 Å². The molecule has 1 unspecified atom stereocenters. The molecule has 164 valence electrons. The van der Waals surface area contributed by atoms with E-state index in [1.54, 1.807) is 0 Å². The second kappa shape index (κ2) is 8.28. The normalized spacial score (nSPS) is 16.1. The van der Waals surface area contributed by atoms with Crippen molar-refractivity contribution in [3.05, 3.63) is 149 Å². The number of nitrogens with zero attached hydrogens (tertiary/aromatic N) is 1. The SMILES string of the molecule is OC1(c2ccccc2N(c2ccccc2)c2ccccc2)c2ccccc2-c2c(Br)cccc21. The van der Waals surface area contributed by atoms with Gasteiger partial charge in [0, 0.05) is 38.1 Å². The highest BCUT2D eigenvalue weighted by Gasteiger charge is 2.45. The van der Waals surface area contributed by atoms with Gasteiger partial charge in [0.05, 0.1) is 5.69 Å². The molecule has 1 N–H and O–H groups in total. The van der Waals surface area contributed by atoms with E-state index in [0.29, 0.717) is 0 Å². The highest BCUT2D eigenvalue weighted by atomic mass is 79.9. The molecule has 0 bridgehead atoms. The summed E-state index contributed by atoms with van der Waals surface area (Å²) in [5.74, 6) is 0. The number of fused-ring (bicyclic) bond motifs is 3. The number of para-hydroxylation sites is 3.